The van der Waals surface area contributed by atoms with E-state index in [2.05, 4.69) is 33.5 Å². The Hall–Kier alpha value is -7.55. The molecular weight excluding hydrogens is 1070 g/mol. The first-order valence-corrected chi connectivity index (χ1v) is 27.3. The van der Waals surface area contributed by atoms with Crippen LogP contribution in [0.15, 0.2) is 97.1 Å². The third-order valence-corrected chi connectivity index (χ3v) is 15.0. The number of ether oxygens (including phenoxy) is 1. The van der Waals surface area contributed by atoms with Gasteiger partial charge in [-0.3, -0.25) is 33.6 Å². The maximum Gasteiger partial charge on any atom is 0.251 e. The van der Waals surface area contributed by atoms with Crippen LogP contribution >= 0.6 is 0 Å². The van der Waals surface area contributed by atoms with Crippen LogP contribution in [-0.2, 0) is 28.8 Å². The standard InChI is InChI=1S/C58H73N7O17/c1-5-6-7-24-82-40-22-18-35(19-23-40)33-10-8-32(9-11-33)34-12-14-37(15-13-34)51(74)59-41-26-43(70)54(77)63-56(79)47-48(71)29(2)27-65(47)58(81)45(31(4)67)61-55(78)46(50(73)49(72)36-16-20-38(68)21-17-36)62-53(76)42-25-39(69)28-64(42)57(80)44(30(3)66)60-52(41)75/h8-23,29-31,39,41-50,54,66-73,77H,5-7,24-28H2,1-4H3,(H,59,74)(H,60,75)(H,61,78)(H,62,76)(H,63,79)/t29?,30?,31?,39?,41-,42+,43-,44+,45+,46+,47+,48?,49?,50?,54?/m1/s1. The number of aromatic hydroxyl groups is 1. The number of fused-ring (bicyclic) bond motifs is 2. The molecule has 3 fully saturated rings. The van der Waals surface area contributed by atoms with E-state index in [1.807, 2.05) is 48.5 Å². The summed E-state index contributed by atoms with van der Waals surface area (Å²) in [6.45, 7) is 5.47. The second-order valence-corrected chi connectivity index (χ2v) is 21.3. The number of amides is 7. The Kier molecular flexibility index (Phi) is 20.8. The van der Waals surface area contributed by atoms with Gasteiger partial charge in [-0.2, -0.15) is 0 Å². The average molecular weight is 1140 g/mol. The van der Waals surface area contributed by atoms with E-state index in [1.165, 1.54) is 31.2 Å². The van der Waals surface area contributed by atoms with Crippen molar-refractivity contribution in [3.05, 3.63) is 108 Å². The van der Waals surface area contributed by atoms with Gasteiger partial charge in [-0.25, -0.2) is 0 Å². The second kappa shape index (κ2) is 27.5. The maximum absolute atomic E-state index is 14.5. The SMILES string of the molecule is CCCCCOc1ccc(-c2ccc(-c3ccc(C(=O)N[C@@H]4C[C@@H](O)C(O)NC(=O)[C@@H]5C(O)C(C)CN5C(=O)[C@H](C(C)O)NC(=O)[C@H](C(O)C(O)c5ccc(O)cc5)NC(=O)[C@@H]5CC(O)CN5C(=O)[C@H](C(C)O)NC4=O)cc3)cc2)cc1. The Balaban J connectivity index is 1.18. The van der Waals surface area contributed by atoms with E-state index in [9.17, 15) is 79.5 Å². The van der Waals surface area contributed by atoms with E-state index < -0.39 is 152 Å². The summed E-state index contributed by atoms with van der Waals surface area (Å²) in [5.74, 6) is -8.67. The van der Waals surface area contributed by atoms with Crippen molar-refractivity contribution in [2.24, 2.45) is 5.92 Å². The molecule has 0 bridgehead atoms. The zero-order valence-electron chi connectivity index (χ0n) is 45.7. The van der Waals surface area contributed by atoms with E-state index >= 15 is 0 Å². The number of hydrogen-bond acceptors (Lipinski definition) is 17. The number of aliphatic hydroxyl groups excluding tert-OH is 8. The minimum atomic E-state index is -2.29. The summed E-state index contributed by atoms with van der Waals surface area (Å²) < 4.78 is 5.84. The lowest BCUT2D eigenvalue weighted by molar-refractivity contribution is -0.148. The number of benzene rings is 4. The summed E-state index contributed by atoms with van der Waals surface area (Å²) >= 11 is 0. The van der Waals surface area contributed by atoms with E-state index in [0.29, 0.717) is 12.2 Å². The zero-order valence-corrected chi connectivity index (χ0v) is 45.7. The summed E-state index contributed by atoms with van der Waals surface area (Å²) in [6.07, 6.45) is -13.6. The summed E-state index contributed by atoms with van der Waals surface area (Å²) in [5, 5.41) is 111. The molecule has 0 spiro atoms. The van der Waals surface area contributed by atoms with Crippen LogP contribution in [0.25, 0.3) is 22.3 Å². The first-order valence-electron chi connectivity index (χ1n) is 27.3. The molecule has 0 radical (unpaired) electrons. The molecule has 3 aliphatic heterocycles. The molecule has 24 nitrogen and oxygen atoms in total. The zero-order chi connectivity index (χ0) is 59.7. The number of phenolic OH excluding ortho intramolecular Hbond substituents is 1. The molecule has 82 heavy (non-hydrogen) atoms. The number of carbonyl (C=O) groups is 7. The van der Waals surface area contributed by atoms with Crippen molar-refractivity contribution in [2.45, 2.75) is 145 Å². The molecule has 4 aromatic rings. The van der Waals surface area contributed by atoms with E-state index in [0.717, 1.165) is 77.5 Å². The van der Waals surface area contributed by atoms with E-state index in [-0.39, 0.29) is 23.4 Å². The van der Waals surface area contributed by atoms with Crippen molar-refractivity contribution < 1.29 is 84.3 Å². The van der Waals surface area contributed by atoms with Crippen LogP contribution in [-0.4, -0.2) is 196 Å². The summed E-state index contributed by atoms with van der Waals surface area (Å²) in [6, 6.07) is 14.7. The van der Waals surface area contributed by atoms with Gasteiger partial charge in [0, 0.05) is 37.4 Å². The van der Waals surface area contributed by atoms with Crippen LogP contribution in [0.2, 0.25) is 0 Å². The number of hydrogen-bond donors (Lipinski definition) is 14. The third-order valence-electron chi connectivity index (χ3n) is 15.0. The number of nitrogens with zero attached hydrogens (tertiary/aromatic N) is 2. The van der Waals surface area contributed by atoms with Crippen LogP contribution in [0.1, 0.15) is 81.8 Å². The van der Waals surface area contributed by atoms with Crippen LogP contribution in [0.4, 0.5) is 0 Å². The summed E-state index contributed by atoms with van der Waals surface area (Å²) in [5.41, 5.74) is 3.37. The lowest BCUT2D eigenvalue weighted by Gasteiger charge is -2.34. The molecule has 7 amide bonds. The molecule has 3 heterocycles. The lowest BCUT2D eigenvalue weighted by atomic mass is 9.96. The van der Waals surface area contributed by atoms with Gasteiger partial charge in [-0.05, 0) is 84.5 Å². The number of rotatable bonds is 14. The van der Waals surface area contributed by atoms with Gasteiger partial charge in [0.25, 0.3) is 5.91 Å². The van der Waals surface area contributed by atoms with Crippen LogP contribution < -0.4 is 31.3 Å². The molecule has 0 aromatic heterocycles. The van der Waals surface area contributed by atoms with Gasteiger partial charge < -0.3 is 87.1 Å². The Morgan fingerprint density at radius 3 is 1.72 bits per heavy atom. The normalized spacial score (nSPS) is 27.5. The molecule has 442 valence electrons. The molecule has 3 saturated heterocycles. The minimum Gasteiger partial charge on any atom is -0.508 e. The van der Waals surface area contributed by atoms with Crippen LogP contribution in [0.5, 0.6) is 11.5 Å². The van der Waals surface area contributed by atoms with Crippen LogP contribution in [0.3, 0.4) is 0 Å². The molecular formula is C58H73N7O17. The fraction of sp³-hybridized carbons (Fsp3) is 0.466. The quantitative estimate of drug-likeness (QED) is 0.0679. The molecule has 4 aromatic carbocycles. The molecule has 0 aliphatic carbocycles. The third kappa shape index (κ3) is 14.7. The van der Waals surface area contributed by atoms with E-state index in [1.54, 1.807) is 12.1 Å². The fourth-order valence-electron chi connectivity index (χ4n) is 10.2. The van der Waals surface area contributed by atoms with Crippen molar-refractivity contribution >= 4 is 41.4 Å². The summed E-state index contributed by atoms with van der Waals surface area (Å²) in [4.78, 5) is 102. The molecule has 24 heteroatoms. The van der Waals surface area contributed by atoms with Gasteiger partial charge in [-0.1, -0.05) is 87.4 Å². The largest absolute Gasteiger partial charge is 0.508 e. The highest BCUT2D eigenvalue weighted by atomic mass is 16.5. The fourth-order valence-corrected chi connectivity index (χ4v) is 10.2. The predicted molar refractivity (Wildman–Crippen MR) is 293 cm³/mol. The summed E-state index contributed by atoms with van der Waals surface area (Å²) in [7, 11) is 0. The number of nitrogens with one attached hydrogen (secondary N) is 5. The first-order chi connectivity index (χ1) is 39.0. The molecule has 3 aliphatic rings. The molecule has 14 N–H and O–H groups in total. The Morgan fingerprint density at radius 2 is 1.16 bits per heavy atom. The van der Waals surface area contributed by atoms with Gasteiger partial charge in [-0.15, -0.1) is 0 Å². The van der Waals surface area contributed by atoms with Gasteiger partial charge in [0.2, 0.25) is 35.4 Å². The highest BCUT2D eigenvalue weighted by molar-refractivity contribution is 6.00. The number of carbonyl (C=O) groups excluding carboxylic acids is 7. The number of phenols is 1. The highest BCUT2D eigenvalue weighted by Gasteiger charge is 2.50. The van der Waals surface area contributed by atoms with Gasteiger partial charge >= 0.3 is 0 Å². The maximum atomic E-state index is 14.5. The minimum absolute atomic E-state index is 0.00973. The monoisotopic (exact) mass is 1140 g/mol. The van der Waals surface area contributed by atoms with E-state index in [4.69, 9.17) is 4.74 Å². The van der Waals surface area contributed by atoms with Gasteiger partial charge in [0.05, 0.1) is 31.0 Å². The number of aliphatic hydroxyl groups is 8. The molecule has 8 unspecified atom stereocenters. The Bertz CT molecular complexity index is 2880. The van der Waals surface area contributed by atoms with Crippen molar-refractivity contribution in [3.8, 4) is 33.8 Å². The van der Waals surface area contributed by atoms with Gasteiger partial charge in [0.1, 0.15) is 66.1 Å². The van der Waals surface area contributed by atoms with Crippen molar-refractivity contribution in [1.29, 1.82) is 0 Å². The second-order valence-electron chi connectivity index (χ2n) is 21.3. The van der Waals surface area contributed by atoms with Crippen molar-refractivity contribution in [3.63, 3.8) is 0 Å². The average Bonchev–Trinajstić information content (AvgIpc) is 4.06. The number of unbranched alkanes of at least 4 members (excludes halogenated alkanes) is 2. The Morgan fingerprint density at radius 1 is 0.634 bits per heavy atom. The van der Waals surface area contributed by atoms with Gasteiger partial charge in [0.15, 0.2) is 6.23 Å². The molecule has 15 atom stereocenters. The first kappa shape index (κ1) is 62.1. The highest BCUT2D eigenvalue weighted by Crippen LogP contribution is 2.30. The molecule has 0 saturated carbocycles. The lowest BCUT2D eigenvalue weighted by Crippen LogP contribution is -2.64. The van der Waals surface area contributed by atoms with Crippen molar-refractivity contribution in [2.75, 3.05) is 19.7 Å². The predicted octanol–water partition coefficient (Wildman–Crippen LogP) is -0.927. The van der Waals surface area contributed by atoms with Crippen LogP contribution in [0, 0.1) is 5.92 Å². The Labute approximate surface area is 473 Å². The topological polar surface area (TPSA) is 377 Å². The molecule has 7 rings (SSSR count). The van der Waals surface area contributed by atoms with Crippen molar-refractivity contribution in [1.82, 2.24) is 36.4 Å². The smallest absolute Gasteiger partial charge is 0.251 e.